The smallest absolute Gasteiger partial charge is 0.320 e. The first-order valence-electron chi connectivity index (χ1n) is 3.30. The molecule has 1 fully saturated rings. The number of nitrogens with one attached hydrogen (secondary N) is 1. The van der Waals surface area contributed by atoms with Gasteiger partial charge in [-0.3, -0.25) is 4.79 Å². The second kappa shape index (κ2) is 4.51. The first-order chi connectivity index (χ1) is 4.70. The van der Waals surface area contributed by atoms with Gasteiger partial charge in [-0.1, -0.05) is 0 Å². The van der Waals surface area contributed by atoms with Crippen molar-refractivity contribution in [2.45, 2.75) is 25.1 Å². The summed E-state index contributed by atoms with van der Waals surface area (Å²) in [5, 5.41) is 11.0. The summed E-state index contributed by atoms with van der Waals surface area (Å²) in [4.78, 5) is 10.3. The standard InChI is InChI=1S/C6H10FNO2.ClH/c7-4-1-2-5(6(9)10)8-3-4;/h4-5,8H,1-3H2,(H,9,10);1H/t4-,5+;/m1./s1. The summed E-state index contributed by atoms with van der Waals surface area (Å²) in [5.41, 5.74) is 0. The average Bonchev–Trinajstić information content (AvgIpc) is 1.88. The molecule has 5 heteroatoms. The van der Waals surface area contributed by atoms with E-state index in [-0.39, 0.29) is 19.0 Å². The number of aliphatic carboxylic acids is 1. The summed E-state index contributed by atoms with van der Waals surface area (Å²) in [6.45, 7) is 0.178. The fourth-order valence-corrected chi connectivity index (χ4v) is 1.03. The lowest BCUT2D eigenvalue weighted by molar-refractivity contribution is -0.140. The molecular formula is C6H11ClFNO2. The van der Waals surface area contributed by atoms with Crippen LogP contribution in [0.1, 0.15) is 12.8 Å². The second-order valence-corrected chi connectivity index (χ2v) is 2.47. The van der Waals surface area contributed by atoms with Crippen LogP contribution in [0.5, 0.6) is 0 Å². The van der Waals surface area contributed by atoms with Crippen molar-refractivity contribution in [2.24, 2.45) is 0 Å². The lowest BCUT2D eigenvalue weighted by atomic mass is 10.0. The molecule has 2 atom stereocenters. The van der Waals surface area contributed by atoms with Crippen LogP contribution in [0.2, 0.25) is 0 Å². The molecular weight excluding hydrogens is 173 g/mol. The van der Waals surface area contributed by atoms with Crippen LogP contribution < -0.4 is 5.32 Å². The van der Waals surface area contributed by atoms with Crippen molar-refractivity contribution in [3.8, 4) is 0 Å². The topological polar surface area (TPSA) is 49.3 Å². The van der Waals surface area contributed by atoms with Crippen molar-refractivity contribution < 1.29 is 14.3 Å². The molecule has 0 aromatic carbocycles. The number of piperidine rings is 1. The van der Waals surface area contributed by atoms with Crippen molar-refractivity contribution >= 4 is 18.4 Å². The van der Waals surface area contributed by atoms with E-state index >= 15 is 0 Å². The molecule has 0 unspecified atom stereocenters. The first-order valence-corrected chi connectivity index (χ1v) is 3.30. The van der Waals surface area contributed by atoms with Crippen LogP contribution in [-0.4, -0.2) is 29.8 Å². The van der Waals surface area contributed by atoms with E-state index in [0.717, 1.165) is 0 Å². The van der Waals surface area contributed by atoms with Gasteiger partial charge in [0.05, 0.1) is 0 Å². The summed E-state index contributed by atoms with van der Waals surface area (Å²) in [6, 6.07) is -0.535. The molecule has 0 aromatic heterocycles. The third kappa shape index (κ3) is 3.03. The van der Waals surface area contributed by atoms with Crippen LogP contribution in [0.4, 0.5) is 4.39 Å². The lowest BCUT2D eigenvalue weighted by Gasteiger charge is -2.22. The zero-order valence-corrected chi connectivity index (χ0v) is 6.73. The molecule has 1 aliphatic heterocycles. The van der Waals surface area contributed by atoms with Crippen LogP contribution in [0.25, 0.3) is 0 Å². The van der Waals surface area contributed by atoms with Crippen molar-refractivity contribution in [2.75, 3.05) is 6.54 Å². The SMILES string of the molecule is Cl.O=C(O)[C@@H]1CC[C@@H](F)CN1. The van der Waals surface area contributed by atoms with Gasteiger partial charge in [-0.25, -0.2) is 4.39 Å². The molecule has 1 saturated heterocycles. The van der Waals surface area contributed by atoms with Crippen molar-refractivity contribution in [1.29, 1.82) is 0 Å². The monoisotopic (exact) mass is 183 g/mol. The minimum absolute atomic E-state index is 0. The zero-order valence-electron chi connectivity index (χ0n) is 5.92. The average molecular weight is 184 g/mol. The molecule has 0 amide bonds. The highest BCUT2D eigenvalue weighted by atomic mass is 35.5. The van der Waals surface area contributed by atoms with Gasteiger partial charge in [-0.05, 0) is 12.8 Å². The summed E-state index contributed by atoms with van der Waals surface area (Å²) in [6.07, 6.45) is -0.101. The minimum Gasteiger partial charge on any atom is -0.480 e. The second-order valence-electron chi connectivity index (χ2n) is 2.47. The van der Waals surface area contributed by atoms with E-state index < -0.39 is 18.2 Å². The quantitative estimate of drug-likeness (QED) is 0.626. The molecule has 1 heterocycles. The number of rotatable bonds is 1. The van der Waals surface area contributed by atoms with E-state index in [1.54, 1.807) is 0 Å². The fourth-order valence-electron chi connectivity index (χ4n) is 1.03. The Hall–Kier alpha value is -0.350. The molecule has 1 rings (SSSR count). The van der Waals surface area contributed by atoms with Crippen molar-refractivity contribution in [1.82, 2.24) is 5.32 Å². The van der Waals surface area contributed by atoms with Crippen LogP contribution in [0.15, 0.2) is 0 Å². The molecule has 0 aromatic rings. The van der Waals surface area contributed by atoms with E-state index in [4.69, 9.17) is 5.11 Å². The molecule has 0 radical (unpaired) electrons. The Kier molecular flexibility index (Phi) is 4.37. The summed E-state index contributed by atoms with van der Waals surface area (Å²) < 4.78 is 12.4. The van der Waals surface area contributed by atoms with Gasteiger partial charge in [0.2, 0.25) is 0 Å². The van der Waals surface area contributed by atoms with Gasteiger partial charge in [0, 0.05) is 6.54 Å². The van der Waals surface area contributed by atoms with Crippen LogP contribution in [0, 0.1) is 0 Å². The van der Waals surface area contributed by atoms with E-state index in [9.17, 15) is 9.18 Å². The minimum atomic E-state index is -0.883. The molecule has 11 heavy (non-hydrogen) atoms. The van der Waals surface area contributed by atoms with Crippen molar-refractivity contribution in [3.63, 3.8) is 0 Å². The third-order valence-electron chi connectivity index (χ3n) is 1.65. The molecule has 0 saturated carbocycles. The third-order valence-corrected chi connectivity index (χ3v) is 1.65. The molecule has 1 aliphatic rings. The Morgan fingerprint density at radius 2 is 2.18 bits per heavy atom. The number of hydrogen-bond acceptors (Lipinski definition) is 2. The summed E-state index contributed by atoms with van der Waals surface area (Å²) in [5.74, 6) is -0.883. The first kappa shape index (κ1) is 10.7. The maximum absolute atomic E-state index is 12.4. The van der Waals surface area contributed by atoms with Crippen molar-refractivity contribution in [3.05, 3.63) is 0 Å². The van der Waals surface area contributed by atoms with E-state index in [1.165, 1.54) is 0 Å². The van der Waals surface area contributed by atoms with Crippen LogP contribution in [0.3, 0.4) is 0 Å². The number of alkyl halides is 1. The van der Waals surface area contributed by atoms with Gasteiger partial charge in [0.1, 0.15) is 12.2 Å². The number of carbonyl (C=O) groups is 1. The number of carboxylic acid groups (broad SMARTS) is 1. The van der Waals surface area contributed by atoms with E-state index in [0.29, 0.717) is 12.8 Å². The Morgan fingerprint density at radius 1 is 1.55 bits per heavy atom. The maximum Gasteiger partial charge on any atom is 0.320 e. The van der Waals surface area contributed by atoms with Gasteiger partial charge in [-0.2, -0.15) is 0 Å². The molecule has 66 valence electrons. The highest BCUT2D eigenvalue weighted by Gasteiger charge is 2.24. The van der Waals surface area contributed by atoms with Crippen LogP contribution in [-0.2, 0) is 4.79 Å². The maximum atomic E-state index is 12.4. The highest BCUT2D eigenvalue weighted by molar-refractivity contribution is 5.85. The summed E-state index contributed by atoms with van der Waals surface area (Å²) >= 11 is 0. The molecule has 0 bridgehead atoms. The molecule has 0 spiro atoms. The number of hydrogen-bond donors (Lipinski definition) is 2. The van der Waals surface area contributed by atoms with Gasteiger partial charge in [0.15, 0.2) is 0 Å². The van der Waals surface area contributed by atoms with Gasteiger partial charge < -0.3 is 10.4 Å². The number of halogens is 2. The van der Waals surface area contributed by atoms with E-state index in [2.05, 4.69) is 5.32 Å². The predicted molar refractivity (Wildman–Crippen MR) is 40.8 cm³/mol. The number of carboxylic acids is 1. The largest absolute Gasteiger partial charge is 0.480 e. The Bertz CT molecular complexity index is 137. The highest BCUT2D eigenvalue weighted by Crippen LogP contribution is 2.10. The van der Waals surface area contributed by atoms with Gasteiger partial charge in [0.25, 0.3) is 0 Å². The summed E-state index contributed by atoms with van der Waals surface area (Å²) in [7, 11) is 0. The normalized spacial score (nSPS) is 30.6. The Labute approximate surface area is 70.4 Å². The van der Waals surface area contributed by atoms with E-state index in [1.807, 2.05) is 0 Å². The zero-order chi connectivity index (χ0) is 7.56. The molecule has 0 aliphatic carbocycles. The fraction of sp³-hybridized carbons (Fsp3) is 0.833. The van der Waals surface area contributed by atoms with Gasteiger partial charge in [-0.15, -0.1) is 12.4 Å². The van der Waals surface area contributed by atoms with Gasteiger partial charge >= 0.3 is 5.97 Å². The Balaban J connectivity index is 0.000001000. The molecule has 3 nitrogen and oxygen atoms in total. The molecule has 2 N–H and O–H groups in total. The van der Waals surface area contributed by atoms with Crippen LogP contribution >= 0.6 is 12.4 Å². The lowest BCUT2D eigenvalue weighted by Crippen LogP contribution is -2.44. The Morgan fingerprint density at radius 3 is 2.55 bits per heavy atom. The predicted octanol–water partition coefficient (Wildman–Crippen LogP) is 0.583.